The summed E-state index contributed by atoms with van der Waals surface area (Å²) in [4.78, 5) is 15.8. The molecule has 0 aromatic carbocycles. The monoisotopic (exact) mass is 222 g/mol. The Morgan fingerprint density at radius 2 is 2.19 bits per heavy atom. The molecule has 1 atom stereocenters. The molecule has 0 saturated carbocycles. The van der Waals surface area contributed by atoms with E-state index in [-0.39, 0.29) is 5.92 Å². The fourth-order valence-corrected chi connectivity index (χ4v) is 1.75. The molecule has 0 spiro atoms. The van der Waals surface area contributed by atoms with Crippen LogP contribution in [0.3, 0.4) is 0 Å². The fraction of sp³-hybridized carbons (Fsp3) is 0.692. The number of imidazole rings is 1. The first-order valence-electron chi connectivity index (χ1n) is 6.22. The van der Waals surface area contributed by atoms with Crippen LogP contribution in [0.5, 0.6) is 0 Å². The summed E-state index contributed by atoms with van der Waals surface area (Å²) in [6.07, 6.45) is 11.2. The summed E-state index contributed by atoms with van der Waals surface area (Å²) in [6.45, 7) is 4.70. The third kappa shape index (κ3) is 4.60. The number of aromatic nitrogens is 2. The molecule has 1 rings (SSSR count). The minimum absolute atomic E-state index is 0.180. The van der Waals surface area contributed by atoms with Crippen molar-refractivity contribution in [3.05, 3.63) is 18.7 Å². The van der Waals surface area contributed by atoms with E-state index >= 15 is 0 Å². The number of unbranched alkanes of at least 4 members (excludes halogenated alkanes) is 3. The van der Waals surface area contributed by atoms with Crippen LogP contribution in [0.1, 0.15) is 46.0 Å². The predicted molar refractivity (Wildman–Crippen MR) is 65.2 cm³/mol. The zero-order valence-electron chi connectivity index (χ0n) is 10.4. The van der Waals surface area contributed by atoms with Gasteiger partial charge in [0.05, 0.1) is 12.9 Å². The van der Waals surface area contributed by atoms with Crippen LogP contribution in [-0.4, -0.2) is 15.3 Å². The molecular weight excluding hydrogens is 200 g/mol. The van der Waals surface area contributed by atoms with E-state index in [0.717, 1.165) is 6.42 Å². The lowest BCUT2D eigenvalue weighted by molar-refractivity contribution is -0.123. The van der Waals surface area contributed by atoms with E-state index in [1.54, 1.807) is 12.5 Å². The lowest BCUT2D eigenvalue weighted by Gasteiger charge is -2.10. The van der Waals surface area contributed by atoms with Crippen LogP contribution in [0.4, 0.5) is 0 Å². The molecule has 0 N–H and O–H groups in total. The van der Waals surface area contributed by atoms with Gasteiger partial charge in [-0.25, -0.2) is 4.98 Å². The Balaban J connectivity index is 2.20. The molecule has 0 aliphatic carbocycles. The van der Waals surface area contributed by atoms with Gasteiger partial charge >= 0.3 is 0 Å². The smallest absolute Gasteiger partial charge is 0.155 e. The first kappa shape index (κ1) is 12.9. The number of nitrogens with zero attached hydrogens (tertiary/aromatic N) is 2. The van der Waals surface area contributed by atoms with Gasteiger partial charge in [0.15, 0.2) is 5.78 Å². The number of carbonyl (C=O) groups excluding carboxylic acids is 1. The molecule has 0 bridgehead atoms. The molecule has 1 aromatic rings. The second-order valence-electron chi connectivity index (χ2n) is 4.45. The van der Waals surface area contributed by atoms with Crippen molar-refractivity contribution in [3.8, 4) is 0 Å². The van der Waals surface area contributed by atoms with Crippen LogP contribution in [-0.2, 0) is 11.3 Å². The number of carbonyl (C=O) groups is 1. The van der Waals surface area contributed by atoms with Gasteiger partial charge in [0.2, 0.25) is 0 Å². The Labute approximate surface area is 97.9 Å². The highest BCUT2D eigenvalue weighted by atomic mass is 16.1. The van der Waals surface area contributed by atoms with Gasteiger partial charge in [-0.05, 0) is 6.42 Å². The topological polar surface area (TPSA) is 34.9 Å². The van der Waals surface area contributed by atoms with E-state index < -0.39 is 0 Å². The Morgan fingerprint density at radius 1 is 1.38 bits per heavy atom. The van der Waals surface area contributed by atoms with Crippen molar-refractivity contribution < 1.29 is 4.79 Å². The summed E-state index contributed by atoms with van der Waals surface area (Å²) >= 11 is 0. The van der Waals surface area contributed by atoms with E-state index in [2.05, 4.69) is 11.9 Å². The van der Waals surface area contributed by atoms with Crippen LogP contribution < -0.4 is 0 Å². The Hall–Kier alpha value is -1.12. The molecule has 0 amide bonds. The van der Waals surface area contributed by atoms with E-state index in [4.69, 9.17) is 0 Å². The van der Waals surface area contributed by atoms with Gasteiger partial charge in [-0.1, -0.05) is 39.5 Å². The van der Waals surface area contributed by atoms with Gasteiger partial charge in [0.25, 0.3) is 0 Å². The van der Waals surface area contributed by atoms with Crippen LogP contribution in [0.15, 0.2) is 18.7 Å². The lowest BCUT2D eigenvalue weighted by Crippen LogP contribution is -2.17. The Kier molecular flexibility index (Phi) is 5.83. The lowest BCUT2D eigenvalue weighted by atomic mass is 9.98. The molecule has 0 aliphatic rings. The highest BCUT2D eigenvalue weighted by Crippen LogP contribution is 2.12. The van der Waals surface area contributed by atoms with Crippen LogP contribution in [0.2, 0.25) is 0 Å². The van der Waals surface area contributed by atoms with Gasteiger partial charge in [-0.3, -0.25) is 4.79 Å². The molecule has 1 heterocycles. The maximum Gasteiger partial charge on any atom is 0.155 e. The van der Waals surface area contributed by atoms with Crippen molar-refractivity contribution in [1.82, 2.24) is 9.55 Å². The number of hydrogen-bond donors (Lipinski definition) is 0. The highest BCUT2D eigenvalue weighted by Gasteiger charge is 2.12. The van der Waals surface area contributed by atoms with Crippen molar-refractivity contribution in [3.63, 3.8) is 0 Å². The molecule has 1 unspecified atom stereocenters. The maximum absolute atomic E-state index is 11.8. The molecule has 16 heavy (non-hydrogen) atoms. The molecule has 3 heteroatoms. The van der Waals surface area contributed by atoms with E-state index in [9.17, 15) is 4.79 Å². The first-order chi connectivity index (χ1) is 7.74. The molecule has 0 aliphatic heterocycles. The number of ketones is 1. The summed E-state index contributed by atoms with van der Waals surface area (Å²) in [7, 11) is 0. The van der Waals surface area contributed by atoms with Gasteiger partial charge in [-0.2, -0.15) is 0 Å². The maximum atomic E-state index is 11.8. The van der Waals surface area contributed by atoms with Crippen molar-refractivity contribution in [2.24, 2.45) is 5.92 Å². The Morgan fingerprint density at radius 3 is 2.81 bits per heavy atom. The van der Waals surface area contributed by atoms with E-state index in [1.165, 1.54) is 25.7 Å². The number of hydrogen-bond acceptors (Lipinski definition) is 2. The third-order valence-electron chi connectivity index (χ3n) is 2.94. The van der Waals surface area contributed by atoms with Crippen molar-refractivity contribution in [2.75, 3.05) is 0 Å². The largest absolute Gasteiger partial charge is 0.330 e. The zero-order valence-corrected chi connectivity index (χ0v) is 10.4. The second-order valence-corrected chi connectivity index (χ2v) is 4.45. The van der Waals surface area contributed by atoms with Gasteiger partial charge in [0, 0.05) is 18.3 Å². The van der Waals surface area contributed by atoms with Crippen molar-refractivity contribution in [2.45, 2.75) is 52.5 Å². The minimum Gasteiger partial charge on any atom is -0.330 e. The third-order valence-corrected chi connectivity index (χ3v) is 2.94. The van der Waals surface area contributed by atoms with Crippen LogP contribution in [0, 0.1) is 5.92 Å². The predicted octanol–water partition coefficient (Wildman–Crippen LogP) is 3.06. The molecule has 0 saturated heterocycles. The molecular formula is C13H22N2O. The van der Waals surface area contributed by atoms with Crippen LogP contribution >= 0.6 is 0 Å². The van der Waals surface area contributed by atoms with E-state index in [0.29, 0.717) is 12.3 Å². The highest BCUT2D eigenvalue weighted by molar-refractivity contribution is 5.80. The number of Topliss-reactive ketones (excluding diaryl/α,β-unsaturated/α-hetero) is 1. The summed E-state index contributed by atoms with van der Waals surface area (Å²) in [6, 6.07) is 0. The van der Waals surface area contributed by atoms with Gasteiger partial charge < -0.3 is 4.57 Å². The standard InChI is InChI=1S/C13H22N2O/c1-3-4-5-6-7-12(2)13(16)10-15-9-8-14-11-15/h8-9,11-12H,3-7,10H2,1-2H3. The zero-order chi connectivity index (χ0) is 11.8. The first-order valence-corrected chi connectivity index (χ1v) is 6.22. The van der Waals surface area contributed by atoms with Gasteiger partial charge in [-0.15, -0.1) is 0 Å². The van der Waals surface area contributed by atoms with E-state index in [1.807, 2.05) is 17.7 Å². The average Bonchev–Trinajstić information content (AvgIpc) is 2.76. The number of rotatable bonds is 8. The van der Waals surface area contributed by atoms with Gasteiger partial charge in [0.1, 0.15) is 0 Å². The quantitative estimate of drug-likeness (QED) is 0.634. The normalized spacial score (nSPS) is 12.6. The SMILES string of the molecule is CCCCCCC(C)C(=O)Cn1ccnc1. The van der Waals surface area contributed by atoms with Crippen molar-refractivity contribution in [1.29, 1.82) is 0 Å². The molecule has 1 aromatic heterocycles. The fourth-order valence-electron chi connectivity index (χ4n) is 1.75. The average molecular weight is 222 g/mol. The second kappa shape index (κ2) is 7.20. The summed E-state index contributed by atoms with van der Waals surface area (Å²) < 4.78 is 1.84. The minimum atomic E-state index is 0.180. The molecule has 0 fully saturated rings. The Bertz CT molecular complexity index is 293. The van der Waals surface area contributed by atoms with Crippen molar-refractivity contribution >= 4 is 5.78 Å². The molecule has 0 radical (unpaired) electrons. The summed E-state index contributed by atoms with van der Waals surface area (Å²) in [5, 5.41) is 0. The molecule has 90 valence electrons. The summed E-state index contributed by atoms with van der Waals surface area (Å²) in [5.41, 5.74) is 0. The molecule has 3 nitrogen and oxygen atoms in total. The summed E-state index contributed by atoms with van der Waals surface area (Å²) in [5.74, 6) is 0.494. The van der Waals surface area contributed by atoms with Crippen LogP contribution in [0.25, 0.3) is 0 Å².